The highest BCUT2D eigenvalue weighted by Crippen LogP contribution is 2.26. The molecule has 0 aliphatic carbocycles. The van der Waals surface area contributed by atoms with Gasteiger partial charge in [-0.15, -0.1) is 0 Å². The Kier molecular flexibility index (Phi) is 7.79. The number of hydrogen-bond acceptors (Lipinski definition) is 3. The van der Waals surface area contributed by atoms with Crippen molar-refractivity contribution in [3.63, 3.8) is 0 Å². The monoisotopic (exact) mass is 395 g/mol. The second kappa shape index (κ2) is 10.7. The summed E-state index contributed by atoms with van der Waals surface area (Å²) in [4.78, 5) is 7.28. The Morgan fingerprint density at radius 2 is 1.79 bits per heavy atom. The van der Waals surface area contributed by atoms with E-state index in [1.165, 1.54) is 5.56 Å². The van der Waals surface area contributed by atoms with E-state index in [-0.39, 0.29) is 6.10 Å². The number of likely N-dealkylation sites (tertiary alicyclic amines) is 1. The molecular formula is C24H33N3O2. The van der Waals surface area contributed by atoms with Gasteiger partial charge in [0.05, 0.1) is 7.11 Å². The van der Waals surface area contributed by atoms with Gasteiger partial charge in [0.2, 0.25) is 0 Å². The number of hydrogen-bond donors (Lipinski definition) is 1. The zero-order valence-corrected chi connectivity index (χ0v) is 17.8. The largest absolute Gasteiger partial charge is 0.496 e. The lowest BCUT2D eigenvalue weighted by atomic mass is 10.0. The van der Waals surface area contributed by atoms with E-state index in [4.69, 9.17) is 14.5 Å². The highest BCUT2D eigenvalue weighted by Gasteiger charge is 2.23. The molecule has 29 heavy (non-hydrogen) atoms. The summed E-state index contributed by atoms with van der Waals surface area (Å²) in [5.41, 5.74) is 1.20. The number of para-hydroxylation sites is 2. The molecule has 0 aromatic heterocycles. The second-order valence-corrected chi connectivity index (χ2v) is 7.45. The van der Waals surface area contributed by atoms with Crippen LogP contribution in [0.15, 0.2) is 59.6 Å². The molecule has 1 aliphatic rings. The minimum atomic E-state index is 0.268. The van der Waals surface area contributed by atoms with Crippen molar-refractivity contribution in [2.24, 2.45) is 4.99 Å². The lowest BCUT2D eigenvalue weighted by Crippen LogP contribution is -2.47. The predicted octanol–water partition coefficient (Wildman–Crippen LogP) is 4.31. The molecular weight excluding hydrogens is 362 g/mol. The molecule has 1 heterocycles. The summed E-state index contributed by atoms with van der Waals surface area (Å²) in [5.74, 6) is 3.17. The molecule has 1 aliphatic heterocycles. The van der Waals surface area contributed by atoms with Gasteiger partial charge >= 0.3 is 0 Å². The Morgan fingerprint density at radius 1 is 1.10 bits per heavy atom. The van der Waals surface area contributed by atoms with Gasteiger partial charge < -0.3 is 19.7 Å². The predicted molar refractivity (Wildman–Crippen MR) is 119 cm³/mol. The van der Waals surface area contributed by atoms with Crippen LogP contribution in [0, 0.1) is 0 Å². The number of ether oxygens (including phenoxy) is 2. The molecule has 2 aromatic carbocycles. The first-order valence-corrected chi connectivity index (χ1v) is 10.6. The van der Waals surface area contributed by atoms with E-state index in [1.54, 1.807) is 7.11 Å². The first-order chi connectivity index (χ1) is 14.2. The summed E-state index contributed by atoms with van der Waals surface area (Å²) < 4.78 is 11.6. The van der Waals surface area contributed by atoms with E-state index in [9.17, 15) is 0 Å². The van der Waals surface area contributed by atoms with Gasteiger partial charge in [-0.25, -0.2) is 0 Å². The number of aliphatic imine (C=N–C) groups is 1. The van der Waals surface area contributed by atoms with Crippen LogP contribution in [-0.4, -0.2) is 50.3 Å². The van der Waals surface area contributed by atoms with E-state index in [0.717, 1.165) is 56.5 Å². The van der Waals surface area contributed by atoms with E-state index >= 15 is 0 Å². The van der Waals surface area contributed by atoms with Crippen molar-refractivity contribution in [3.05, 3.63) is 60.2 Å². The van der Waals surface area contributed by atoms with Crippen LogP contribution in [0.3, 0.4) is 0 Å². The molecule has 1 unspecified atom stereocenters. The Balaban J connectivity index is 1.58. The van der Waals surface area contributed by atoms with Gasteiger partial charge in [0.1, 0.15) is 17.6 Å². The SMILES string of the molecule is CCNC(=NCC(C)c1ccccc1OC)N1CCC(Oc2ccccc2)CC1. The maximum absolute atomic E-state index is 6.12. The zero-order valence-electron chi connectivity index (χ0n) is 17.8. The average molecular weight is 396 g/mol. The Morgan fingerprint density at radius 3 is 2.48 bits per heavy atom. The van der Waals surface area contributed by atoms with Gasteiger partial charge in [0.15, 0.2) is 5.96 Å². The molecule has 0 amide bonds. The van der Waals surface area contributed by atoms with Crippen LogP contribution < -0.4 is 14.8 Å². The van der Waals surface area contributed by atoms with E-state index in [1.807, 2.05) is 42.5 Å². The Bertz CT molecular complexity index is 771. The number of rotatable bonds is 7. The molecule has 1 fully saturated rings. The lowest BCUT2D eigenvalue weighted by Gasteiger charge is -2.34. The standard InChI is InChI=1S/C24H33N3O2/c1-4-25-24(26-18-19(2)22-12-8-9-13-23(22)28-3)27-16-14-21(15-17-27)29-20-10-6-5-7-11-20/h5-13,19,21H,4,14-18H2,1-3H3,(H,25,26). The van der Waals surface area contributed by atoms with Crippen LogP contribution >= 0.6 is 0 Å². The molecule has 5 heteroatoms. The highest BCUT2D eigenvalue weighted by molar-refractivity contribution is 5.80. The summed E-state index contributed by atoms with van der Waals surface area (Å²) in [5, 5.41) is 3.46. The van der Waals surface area contributed by atoms with Crippen LogP contribution in [0.5, 0.6) is 11.5 Å². The van der Waals surface area contributed by atoms with Crippen molar-refractivity contribution in [1.82, 2.24) is 10.2 Å². The molecule has 1 saturated heterocycles. The molecule has 3 rings (SSSR count). The molecule has 0 spiro atoms. The minimum absolute atomic E-state index is 0.268. The molecule has 1 atom stereocenters. The lowest BCUT2D eigenvalue weighted by molar-refractivity contribution is 0.129. The first-order valence-electron chi connectivity index (χ1n) is 10.6. The van der Waals surface area contributed by atoms with Gasteiger partial charge in [-0.3, -0.25) is 4.99 Å². The highest BCUT2D eigenvalue weighted by atomic mass is 16.5. The van der Waals surface area contributed by atoms with Crippen molar-refractivity contribution in [2.45, 2.75) is 38.7 Å². The normalized spacial score (nSPS) is 16.4. The van der Waals surface area contributed by atoms with Gasteiger partial charge in [-0.05, 0) is 30.7 Å². The van der Waals surface area contributed by atoms with E-state index in [2.05, 4.69) is 36.2 Å². The number of nitrogens with one attached hydrogen (secondary N) is 1. The van der Waals surface area contributed by atoms with Crippen molar-refractivity contribution in [1.29, 1.82) is 0 Å². The van der Waals surface area contributed by atoms with E-state index in [0.29, 0.717) is 5.92 Å². The smallest absolute Gasteiger partial charge is 0.193 e. The summed E-state index contributed by atoms with van der Waals surface area (Å²) in [6, 6.07) is 18.3. The summed E-state index contributed by atoms with van der Waals surface area (Å²) in [6.07, 6.45) is 2.27. The number of methoxy groups -OCH3 is 1. The fourth-order valence-electron chi connectivity index (χ4n) is 3.70. The average Bonchev–Trinajstić information content (AvgIpc) is 2.77. The molecule has 0 bridgehead atoms. The topological polar surface area (TPSA) is 46.1 Å². The molecule has 1 N–H and O–H groups in total. The van der Waals surface area contributed by atoms with Crippen LogP contribution in [0.1, 0.15) is 38.2 Å². The van der Waals surface area contributed by atoms with Crippen molar-refractivity contribution in [2.75, 3.05) is 33.3 Å². The number of piperidine rings is 1. The molecule has 0 saturated carbocycles. The third-order valence-electron chi connectivity index (χ3n) is 5.31. The number of nitrogens with zero attached hydrogens (tertiary/aromatic N) is 2. The summed E-state index contributed by atoms with van der Waals surface area (Å²) in [7, 11) is 1.72. The molecule has 2 aromatic rings. The van der Waals surface area contributed by atoms with Crippen LogP contribution in [-0.2, 0) is 0 Å². The maximum Gasteiger partial charge on any atom is 0.193 e. The van der Waals surface area contributed by atoms with Crippen LogP contribution in [0.25, 0.3) is 0 Å². The van der Waals surface area contributed by atoms with Crippen molar-refractivity contribution >= 4 is 5.96 Å². The Labute approximate surface area is 174 Å². The molecule has 156 valence electrons. The molecule has 0 radical (unpaired) electrons. The van der Waals surface area contributed by atoms with Gasteiger partial charge in [-0.2, -0.15) is 0 Å². The maximum atomic E-state index is 6.12. The minimum Gasteiger partial charge on any atom is -0.496 e. The van der Waals surface area contributed by atoms with Crippen LogP contribution in [0.4, 0.5) is 0 Å². The fraction of sp³-hybridized carbons (Fsp3) is 0.458. The zero-order chi connectivity index (χ0) is 20.5. The first kappa shape index (κ1) is 21.0. The van der Waals surface area contributed by atoms with E-state index < -0.39 is 0 Å². The summed E-state index contributed by atoms with van der Waals surface area (Å²) >= 11 is 0. The quantitative estimate of drug-likeness (QED) is 0.561. The molecule has 5 nitrogen and oxygen atoms in total. The number of guanidine groups is 1. The number of benzene rings is 2. The van der Waals surface area contributed by atoms with Gasteiger partial charge in [0, 0.05) is 44.9 Å². The Hall–Kier alpha value is -2.69. The summed E-state index contributed by atoms with van der Waals surface area (Å²) in [6.45, 7) is 7.81. The van der Waals surface area contributed by atoms with Gasteiger partial charge in [-0.1, -0.05) is 43.3 Å². The van der Waals surface area contributed by atoms with Crippen LogP contribution in [0.2, 0.25) is 0 Å². The van der Waals surface area contributed by atoms with Gasteiger partial charge in [0.25, 0.3) is 0 Å². The van der Waals surface area contributed by atoms with Crippen molar-refractivity contribution in [3.8, 4) is 11.5 Å². The third kappa shape index (κ3) is 5.89. The third-order valence-corrected chi connectivity index (χ3v) is 5.31. The second-order valence-electron chi connectivity index (χ2n) is 7.45. The fourth-order valence-corrected chi connectivity index (χ4v) is 3.70. The van der Waals surface area contributed by atoms with Crippen molar-refractivity contribution < 1.29 is 9.47 Å².